The Morgan fingerprint density at radius 2 is 1.65 bits per heavy atom. The highest BCUT2D eigenvalue weighted by molar-refractivity contribution is 6.21. The van der Waals surface area contributed by atoms with Crippen LogP contribution in [0.2, 0.25) is 0 Å². The van der Waals surface area contributed by atoms with Crippen molar-refractivity contribution in [2.75, 3.05) is 0 Å². The second-order valence-electron chi connectivity index (χ2n) is 4.32. The van der Waals surface area contributed by atoms with Gasteiger partial charge in [0.1, 0.15) is 11.6 Å². The van der Waals surface area contributed by atoms with Crippen LogP contribution in [0.5, 0.6) is 0 Å². The number of amides is 2. The normalized spacial score (nSPS) is 13.8. The lowest BCUT2D eigenvalue weighted by Gasteiger charge is -2.14. The van der Waals surface area contributed by atoms with E-state index in [-0.39, 0.29) is 16.7 Å². The van der Waals surface area contributed by atoms with Crippen LogP contribution in [-0.2, 0) is 6.54 Å². The van der Waals surface area contributed by atoms with Gasteiger partial charge in [-0.2, -0.15) is 0 Å². The molecule has 6 heteroatoms. The number of fused-ring (bicyclic) bond motifs is 1. The number of carbonyl (C=O) groups is 2. The van der Waals surface area contributed by atoms with Gasteiger partial charge in [-0.1, -0.05) is 6.07 Å². The van der Waals surface area contributed by atoms with E-state index in [4.69, 9.17) is 0 Å². The van der Waals surface area contributed by atoms with Gasteiger partial charge < -0.3 is 0 Å². The summed E-state index contributed by atoms with van der Waals surface area (Å²) >= 11 is 0. The molecule has 0 radical (unpaired) electrons. The fourth-order valence-corrected chi connectivity index (χ4v) is 2.12. The first-order valence-corrected chi connectivity index (χ1v) is 5.82. The number of hydrogen-bond acceptors (Lipinski definition) is 3. The number of aromatic nitrogens is 1. The Morgan fingerprint density at radius 1 is 1.00 bits per heavy atom. The van der Waals surface area contributed by atoms with Crippen molar-refractivity contribution in [3.05, 3.63) is 65.0 Å². The van der Waals surface area contributed by atoms with Crippen molar-refractivity contribution in [1.29, 1.82) is 0 Å². The minimum atomic E-state index is -0.792. The number of nitrogens with zero attached hydrogens (tertiary/aromatic N) is 2. The molecule has 0 N–H and O–H groups in total. The third kappa shape index (κ3) is 1.77. The van der Waals surface area contributed by atoms with Gasteiger partial charge in [0.15, 0.2) is 0 Å². The van der Waals surface area contributed by atoms with Crippen molar-refractivity contribution >= 4 is 11.8 Å². The van der Waals surface area contributed by atoms with E-state index in [0.29, 0.717) is 0 Å². The van der Waals surface area contributed by atoms with E-state index < -0.39 is 30.0 Å². The van der Waals surface area contributed by atoms with Crippen LogP contribution in [0.1, 0.15) is 26.3 Å². The maximum atomic E-state index is 13.6. The van der Waals surface area contributed by atoms with Gasteiger partial charge in [0.05, 0.1) is 17.7 Å². The van der Waals surface area contributed by atoms with Crippen LogP contribution < -0.4 is 0 Å². The summed E-state index contributed by atoms with van der Waals surface area (Å²) < 4.78 is 27.2. The highest BCUT2D eigenvalue weighted by atomic mass is 19.1. The van der Waals surface area contributed by atoms with Gasteiger partial charge in [-0.25, -0.2) is 8.78 Å². The molecule has 2 amide bonds. The highest BCUT2D eigenvalue weighted by Gasteiger charge is 2.36. The van der Waals surface area contributed by atoms with Gasteiger partial charge in [0.25, 0.3) is 11.8 Å². The van der Waals surface area contributed by atoms with Crippen LogP contribution in [-0.4, -0.2) is 21.7 Å². The number of halogens is 2. The van der Waals surface area contributed by atoms with Gasteiger partial charge >= 0.3 is 0 Å². The van der Waals surface area contributed by atoms with E-state index >= 15 is 0 Å². The molecule has 0 spiro atoms. The maximum Gasteiger partial charge on any atom is 0.263 e. The molecule has 1 aromatic carbocycles. The van der Waals surface area contributed by atoms with Crippen LogP contribution in [0, 0.1) is 11.6 Å². The summed E-state index contributed by atoms with van der Waals surface area (Å²) in [6, 6.07) is 4.80. The van der Waals surface area contributed by atoms with Gasteiger partial charge in [0, 0.05) is 18.0 Å². The average Bonchev–Trinajstić information content (AvgIpc) is 2.68. The van der Waals surface area contributed by atoms with Crippen molar-refractivity contribution in [2.24, 2.45) is 0 Å². The van der Waals surface area contributed by atoms with E-state index in [1.165, 1.54) is 24.5 Å². The van der Waals surface area contributed by atoms with Gasteiger partial charge in [-0.05, 0) is 18.2 Å². The minimum absolute atomic E-state index is 0.147. The number of hydrogen-bond donors (Lipinski definition) is 0. The number of pyridine rings is 1. The summed E-state index contributed by atoms with van der Waals surface area (Å²) in [6.07, 6.45) is 2.66. The number of carbonyl (C=O) groups excluding carboxylic acids is 2. The third-order valence-corrected chi connectivity index (χ3v) is 3.15. The Balaban J connectivity index is 1.98. The van der Waals surface area contributed by atoms with Crippen molar-refractivity contribution in [3.8, 4) is 0 Å². The zero-order valence-corrected chi connectivity index (χ0v) is 10.1. The first kappa shape index (κ1) is 12.4. The Kier molecular flexibility index (Phi) is 2.78. The monoisotopic (exact) mass is 274 g/mol. The lowest BCUT2D eigenvalue weighted by atomic mass is 10.2. The van der Waals surface area contributed by atoms with Gasteiger partial charge in [0.2, 0.25) is 0 Å². The summed E-state index contributed by atoms with van der Waals surface area (Å²) in [7, 11) is 0. The molecule has 1 aliphatic rings. The molecule has 0 atom stereocenters. The quantitative estimate of drug-likeness (QED) is 0.788. The third-order valence-electron chi connectivity index (χ3n) is 3.15. The second-order valence-corrected chi connectivity index (χ2v) is 4.32. The number of rotatable bonds is 2. The molecule has 0 unspecified atom stereocenters. The minimum Gasteiger partial charge on any atom is -0.270 e. The van der Waals surface area contributed by atoms with Crippen molar-refractivity contribution in [3.63, 3.8) is 0 Å². The van der Waals surface area contributed by atoms with E-state index in [2.05, 4.69) is 4.98 Å². The first-order valence-electron chi connectivity index (χ1n) is 5.82. The summed E-state index contributed by atoms with van der Waals surface area (Å²) in [6.45, 7) is -0.440. The largest absolute Gasteiger partial charge is 0.270 e. The van der Waals surface area contributed by atoms with Gasteiger partial charge in [-0.15, -0.1) is 0 Å². The maximum absolute atomic E-state index is 13.6. The molecule has 0 saturated carbocycles. The van der Waals surface area contributed by atoms with Crippen molar-refractivity contribution in [1.82, 2.24) is 9.88 Å². The van der Waals surface area contributed by atoms with Crippen molar-refractivity contribution < 1.29 is 18.4 Å². The SMILES string of the molecule is O=C1c2ccncc2C(=O)N1Cc1c(F)cccc1F. The van der Waals surface area contributed by atoms with Crippen LogP contribution in [0.3, 0.4) is 0 Å². The fourth-order valence-electron chi connectivity index (χ4n) is 2.12. The zero-order valence-electron chi connectivity index (χ0n) is 10.1. The first-order chi connectivity index (χ1) is 9.59. The van der Waals surface area contributed by atoms with E-state index in [9.17, 15) is 18.4 Å². The lowest BCUT2D eigenvalue weighted by molar-refractivity contribution is 0.0639. The van der Waals surface area contributed by atoms with E-state index in [0.717, 1.165) is 17.0 Å². The topological polar surface area (TPSA) is 50.3 Å². The number of imide groups is 1. The molecular weight excluding hydrogens is 266 g/mol. The molecule has 4 nitrogen and oxygen atoms in total. The standard InChI is InChI=1S/C14H8F2N2O2/c15-11-2-1-3-12(16)10(11)7-18-13(19)8-4-5-17-6-9(8)14(18)20/h1-6H,7H2. The summed E-state index contributed by atoms with van der Waals surface area (Å²) in [4.78, 5) is 28.7. The smallest absolute Gasteiger partial charge is 0.263 e. The number of benzene rings is 1. The molecule has 100 valence electrons. The van der Waals surface area contributed by atoms with Crippen molar-refractivity contribution in [2.45, 2.75) is 6.54 Å². The van der Waals surface area contributed by atoms with Gasteiger partial charge in [-0.3, -0.25) is 19.5 Å². The van der Waals surface area contributed by atoms with E-state index in [1.54, 1.807) is 0 Å². The lowest BCUT2D eigenvalue weighted by Crippen LogP contribution is -2.30. The molecule has 20 heavy (non-hydrogen) atoms. The fraction of sp³-hybridized carbons (Fsp3) is 0.0714. The highest BCUT2D eigenvalue weighted by Crippen LogP contribution is 2.25. The summed E-state index contributed by atoms with van der Waals surface area (Å²) in [5, 5.41) is 0. The Morgan fingerprint density at radius 3 is 2.30 bits per heavy atom. The zero-order chi connectivity index (χ0) is 14.3. The predicted molar refractivity (Wildman–Crippen MR) is 64.8 cm³/mol. The van der Waals surface area contributed by atoms with Crippen LogP contribution in [0.4, 0.5) is 8.78 Å². The molecule has 0 fully saturated rings. The average molecular weight is 274 g/mol. The second kappa shape index (κ2) is 4.48. The summed E-state index contributed by atoms with van der Waals surface area (Å²) in [5.74, 6) is -2.75. The molecular formula is C14H8F2N2O2. The van der Waals surface area contributed by atoms with Crippen LogP contribution in [0.15, 0.2) is 36.7 Å². The molecule has 2 heterocycles. The van der Waals surface area contributed by atoms with E-state index in [1.807, 2.05) is 0 Å². The molecule has 1 aromatic heterocycles. The van der Waals surface area contributed by atoms with Crippen LogP contribution >= 0.6 is 0 Å². The molecule has 1 aliphatic heterocycles. The molecule has 0 aliphatic carbocycles. The Labute approximate surface area is 112 Å². The molecule has 0 saturated heterocycles. The Bertz CT molecular complexity index is 676. The molecule has 3 rings (SSSR count). The molecule has 0 bridgehead atoms. The summed E-state index contributed by atoms with van der Waals surface area (Å²) in [5.41, 5.74) is 0.0333. The Hall–Kier alpha value is -2.63. The predicted octanol–water partition coefficient (Wildman–Crippen LogP) is 2.16. The molecule has 2 aromatic rings. The van der Waals surface area contributed by atoms with Crippen LogP contribution in [0.25, 0.3) is 0 Å².